The minimum Gasteiger partial charge on any atom is -0.258 e. The summed E-state index contributed by atoms with van der Waals surface area (Å²) in [7, 11) is -3.78. The Hall–Kier alpha value is -2.76. The fourth-order valence-corrected chi connectivity index (χ4v) is 5.77. The number of aromatic nitrogens is 3. The fourth-order valence-electron chi connectivity index (χ4n) is 3.43. The molecule has 0 unspecified atom stereocenters. The van der Waals surface area contributed by atoms with E-state index >= 15 is 0 Å². The first kappa shape index (κ1) is 21.5. The maximum Gasteiger partial charge on any atom is 0.284 e. The Morgan fingerprint density at radius 3 is 2.42 bits per heavy atom. The number of hydrogen-bond acceptors (Lipinski definition) is 7. The van der Waals surface area contributed by atoms with E-state index in [4.69, 9.17) is 0 Å². The predicted octanol–water partition coefficient (Wildman–Crippen LogP) is 4.10. The smallest absolute Gasteiger partial charge is 0.258 e. The molecule has 162 valence electrons. The SMILES string of the molecule is O=[N+]([O-])c1cc(S(=O)(=O)N2CCCCCC2)ccc1Sc1n[nH]c(-c2ccccc2)n1. The van der Waals surface area contributed by atoms with Crippen LogP contribution >= 0.6 is 11.8 Å². The summed E-state index contributed by atoms with van der Waals surface area (Å²) in [6.07, 6.45) is 3.57. The molecule has 0 atom stereocenters. The van der Waals surface area contributed by atoms with Gasteiger partial charge in [-0.05, 0) is 36.7 Å². The molecule has 0 saturated carbocycles. The van der Waals surface area contributed by atoms with Crippen LogP contribution in [0.1, 0.15) is 25.7 Å². The van der Waals surface area contributed by atoms with Crippen LogP contribution in [0.5, 0.6) is 0 Å². The summed E-state index contributed by atoms with van der Waals surface area (Å²) >= 11 is 1.01. The third-order valence-corrected chi connectivity index (χ3v) is 7.87. The third-order valence-electron chi connectivity index (χ3n) is 5.04. The van der Waals surface area contributed by atoms with Gasteiger partial charge in [0.1, 0.15) is 0 Å². The minimum atomic E-state index is -3.78. The van der Waals surface area contributed by atoms with Gasteiger partial charge in [0, 0.05) is 24.7 Å². The molecule has 2 aromatic carbocycles. The lowest BCUT2D eigenvalue weighted by Gasteiger charge is -2.20. The number of H-pyrrole nitrogens is 1. The van der Waals surface area contributed by atoms with Crippen molar-refractivity contribution in [3.63, 3.8) is 0 Å². The average Bonchev–Trinajstić information content (AvgIpc) is 3.05. The second-order valence-electron chi connectivity index (χ2n) is 7.14. The molecule has 9 nitrogen and oxygen atoms in total. The monoisotopic (exact) mass is 459 g/mol. The number of benzene rings is 2. The highest BCUT2D eigenvalue weighted by Crippen LogP contribution is 2.36. The quantitative estimate of drug-likeness (QED) is 0.435. The van der Waals surface area contributed by atoms with Gasteiger partial charge in [0.15, 0.2) is 5.82 Å². The molecule has 0 spiro atoms. The molecule has 1 aliphatic heterocycles. The van der Waals surface area contributed by atoms with Gasteiger partial charge in [-0.25, -0.2) is 13.4 Å². The highest BCUT2D eigenvalue weighted by molar-refractivity contribution is 7.99. The van der Waals surface area contributed by atoms with Gasteiger partial charge in [-0.15, -0.1) is 5.10 Å². The van der Waals surface area contributed by atoms with E-state index in [1.54, 1.807) is 0 Å². The molecule has 1 fully saturated rings. The highest BCUT2D eigenvalue weighted by Gasteiger charge is 2.28. The van der Waals surface area contributed by atoms with Crippen LogP contribution in [0, 0.1) is 10.1 Å². The average molecular weight is 460 g/mol. The lowest BCUT2D eigenvalue weighted by Crippen LogP contribution is -2.31. The molecule has 1 aromatic heterocycles. The van der Waals surface area contributed by atoms with Gasteiger partial charge in [0.2, 0.25) is 15.2 Å². The first-order valence-corrected chi connectivity index (χ1v) is 12.1. The summed E-state index contributed by atoms with van der Waals surface area (Å²) in [5, 5.41) is 18.9. The standard InChI is InChI=1S/C20H21N5O4S2/c26-25(27)17-14-16(31(28,29)24-12-6-1-2-7-13-24)10-11-18(17)30-20-21-19(22-23-20)15-8-4-3-5-9-15/h3-5,8-11,14H,1-2,6-7,12-13H2,(H,21,22,23). The third kappa shape index (κ3) is 4.78. The number of sulfonamides is 1. The number of hydrogen-bond donors (Lipinski definition) is 1. The summed E-state index contributed by atoms with van der Waals surface area (Å²) in [4.78, 5) is 15.7. The molecular weight excluding hydrogens is 438 g/mol. The molecule has 1 saturated heterocycles. The molecule has 1 N–H and O–H groups in total. The Balaban J connectivity index is 1.61. The maximum atomic E-state index is 13.0. The van der Waals surface area contributed by atoms with Crippen molar-refractivity contribution in [3.8, 4) is 11.4 Å². The molecule has 0 bridgehead atoms. The highest BCUT2D eigenvalue weighted by atomic mass is 32.2. The van der Waals surface area contributed by atoms with E-state index in [1.165, 1.54) is 16.4 Å². The molecule has 0 radical (unpaired) electrons. The van der Waals surface area contributed by atoms with Crippen LogP contribution in [0.3, 0.4) is 0 Å². The van der Waals surface area contributed by atoms with Gasteiger partial charge >= 0.3 is 0 Å². The number of nitrogens with one attached hydrogen (secondary N) is 1. The van der Waals surface area contributed by atoms with E-state index < -0.39 is 14.9 Å². The Morgan fingerprint density at radius 1 is 1.03 bits per heavy atom. The van der Waals surface area contributed by atoms with Gasteiger partial charge in [0.25, 0.3) is 5.69 Å². The molecule has 1 aliphatic rings. The lowest BCUT2D eigenvalue weighted by atomic mass is 10.2. The van der Waals surface area contributed by atoms with E-state index in [0.717, 1.165) is 49.1 Å². The summed E-state index contributed by atoms with van der Waals surface area (Å²) < 4.78 is 27.4. The summed E-state index contributed by atoms with van der Waals surface area (Å²) in [5.74, 6) is 0.547. The predicted molar refractivity (Wildman–Crippen MR) is 116 cm³/mol. The van der Waals surface area contributed by atoms with E-state index in [0.29, 0.717) is 24.1 Å². The number of nitrogens with zero attached hydrogens (tertiary/aromatic N) is 4. The van der Waals surface area contributed by atoms with E-state index in [2.05, 4.69) is 15.2 Å². The minimum absolute atomic E-state index is 0.0644. The van der Waals surface area contributed by atoms with E-state index in [9.17, 15) is 18.5 Å². The fraction of sp³-hybridized carbons (Fsp3) is 0.300. The maximum absolute atomic E-state index is 13.0. The molecule has 2 heterocycles. The van der Waals surface area contributed by atoms with E-state index in [1.807, 2.05) is 30.3 Å². The first-order valence-electron chi connectivity index (χ1n) is 9.89. The largest absolute Gasteiger partial charge is 0.284 e. The number of nitro groups is 1. The van der Waals surface area contributed by atoms with Crippen LogP contribution in [0.25, 0.3) is 11.4 Å². The Labute approximate surface area is 184 Å². The van der Waals surface area contributed by atoms with Gasteiger partial charge in [-0.2, -0.15) is 4.31 Å². The van der Waals surface area contributed by atoms with Crippen molar-refractivity contribution < 1.29 is 13.3 Å². The zero-order valence-electron chi connectivity index (χ0n) is 16.6. The van der Waals surface area contributed by atoms with Gasteiger partial charge in [-0.3, -0.25) is 15.2 Å². The van der Waals surface area contributed by atoms with Crippen LogP contribution in [0.15, 0.2) is 63.5 Å². The summed E-state index contributed by atoms with van der Waals surface area (Å²) in [5.41, 5.74) is 0.558. The molecule has 0 amide bonds. The second kappa shape index (κ2) is 9.16. The number of nitro benzene ring substituents is 1. The van der Waals surface area contributed by atoms with Crippen molar-refractivity contribution in [2.24, 2.45) is 0 Å². The van der Waals surface area contributed by atoms with Crippen LogP contribution in [-0.4, -0.2) is 45.9 Å². The molecule has 4 rings (SSSR count). The van der Waals surface area contributed by atoms with Crippen LogP contribution in [-0.2, 0) is 10.0 Å². The molecule has 31 heavy (non-hydrogen) atoms. The van der Waals surface area contributed by atoms with E-state index in [-0.39, 0.29) is 15.5 Å². The van der Waals surface area contributed by atoms with Crippen molar-refractivity contribution in [1.29, 1.82) is 0 Å². The normalized spacial score (nSPS) is 15.5. The van der Waals surface area contributed by atoms with Gasteiger partial charge in [-0.1, -0.05) is 43.2 Å². The topological polar surface area (TPSA) is 122 Å². The number of aromatic amines is 1. The Morgan fingerprint density at radius 2 is 1.74 bits per heavy atom. The number of rotatable bonds is 6. The molecule has 11 heteroatoms. The first-order chi connectivity index (χ1) is 14.9. The van der Waals surface area contributed by atoms with Crippen molar-refractivity contribution >= 4 is 27.5 Å². The summed E-state index contributed by atoms with van der Waals surface area (Å²) in [6.45, 7) is 0.873. The van der Waals surface area contributed by atoms with Crippen molar-refractivity contribution in [1.82, 2.24) is 19.5 Å². The second-order valence-corrected chi connectivity index (χ2v) is 10.1. The molecule has 3 aromatic rings. The van der Waals surface area contributed by atoms with Crippen LogP contribution in [0.2, 0.25) is 0 Å². The van der Waals surface area contributed by atoms with Crippen molar-refractivity contribution in [2.45, 2.75) is 40.6 Å². The van der Waals surface area contributed by atoms with Crippen molar-refractivity contribution in [2.75, 3.05) is 13.1 Å². The van der Waals surface area contributed by atoms with Crippen LogP contribution in [0.4, 0.5) is 5.69 Å². The Kier molecular flexibility index (Phi) is 6.35. The Bertz CT molecular complexity index is 1170. The van der Waals surface area contributed by atoms with Crippen molar-refractivity contribution in [3.05, 3.63) is 58.6 Å². The zero-order chi connectivity index (χ0) is 21.8. The van der Waals surface area contributed by atoms with Gasteiger partial charge < -0.3 is 0 Å². The van der Waals surface area contributed by atoms with Crippen LogP contribution < -0.4 is 0 Å². The summed E-state index contributed by atoms with van der Waals surface area (Å²) in [6, 6.07) is 13.4. The zero-order valence-corrected chi connectivity index (χ0v) is 18.2. The molecular formula is C20H21N5O4S2. The lowest BCUT2D eigenvalue weighted by molar-refractivity contribution is -0.388. The van der Waals surface area contributed by atoms with Gasteiger partial charge in [0.05, 0.1) is 14.7 Å². The molecule has 0 aliphatic carbocycles.